The maximum absolute atomic E-state index is 12.3. The molecule has 1 aromatic rings. The molecular weight excluding hydrogens is 361 g/mol. The molecule has 2 amide bonds. The summed E-state index contributed by atoms with van der Waals surface area (Å²) in [6.07, 6.45) is -4.93. The largest absolute Gasteiger partial charge is 0.573 e. The average Bonchev–Trinajstić information content (AvgIpc) is 2.30. The summed E-state index contributed by atoms with van der Waals surface area (Å²) in [5.41, 5.74) is -0.259. The Morgan fingerprint density at radius 3 is 2.52 bits per heavy atom. The molecule has 0 radical (unpaired) electrons. The Morgan fingerprint density at radius 2 is 2.00 bits per heavy atom. The lowest BCUT2D eigenvalue weighted by Gasteiger charge is -2.15. The van der Waals surface area contributed by atoms with Crippen LogP contribution in [0.2, 0.25) is 0 Å². The van der Waals surface area contributed by atoms with E-state index in [1.807, 2.05) is 5.32 Å². The fourth-order valence-corrected chi connectivity index (χ4v) is 1.57. The second kappa shape index (κ2) is 6.66. The quantitative estimate of drug-likeness (QED) is 0.760. The number of carboxylic acid groups (broad SMARTS) is 1. The number of amides is 2. The maximum Gasteiger partial charge on any atom is 0.573 e. The third kappa shape index (κ3) is 5.90. The molecular formula is C11H10BrF3N2O4. The van der Waals surface area contributed by atoms with Gasteiger partial charge in [-0.25, -0.2) is 4.79 Å². The van der Waals surface area contributed by atoms with Gasteiger partial charge in [-0.1, -0.05) is 15.9 Å². The third-order valence-corrected chi connectivity index (χ3v) is 2.63. The molecule has 6 nitrogen and oxygen atoms in total. The van der Waals surface area contributed by atoms with E-state index in [-0.39, 0.29) is 5.69 Å². The summed E-state index contributed by atoms with van der Waals surface area (Å²) >= 11 is 2.98. The van der Waals surface area contributed by atoms with Gasteiger partial charge in [0.05, 0.1) is 5.69 Å². The van der Waals surface area contributed by atoms with E-state index < -0.39 is 30.2 Å². The second-order valence-corrected chi connectivity index (χ2v) is 4.76. The van der Waals surface area contributed by atoms with Gasteiger partial charge in [0.2, 0.25) is 0 Å². The molecule has 0 heterocycles. The van der Waals surface area contributed by atoms with Crippen molar-refractivity contribution in [2.24, 2.45) is 0 Å². The summed E-state index contributed by atoms with van der Waals surface area (Å²) in [5, 5.41) is 12.7. The smallest absolute Gasteiger partial charge is 0.480 e. The molecule has 0 saturated heterocycles. The van der Waals surface area contributed by atoms with Gasteiger partial charge in [-0.3, -0.25) is 4.79 Å². The van der Waals surface area contributed by atoms with E-state index in [0.717, 1.165) is 6.07 Å². The molecule has 0 aromatic heterocycles. The lowest BCUT2D eigenvalue weighted by Crippen LogP contribution is -2.41. The number of anilines is 1. The number of rotatable bonds is 4. The molecule has 0 aliphatic rings. The van der Waals surface area contributed by atoms with E-state index in [9.17, 15) is 22.8 Å². The second-order valence-electron chi connectivity index (χ2n) is 3.85. The van der Waals surface area contributed by atoms with Crippen molar-refractivity contribution in [2.75, 3.05) is 5.32 Å². The molecule has 21 heavy (non-hydrogen) atoms. The molecule has 0 aliphatic carbocycles. The molecule has 116 valence electrons. The van der Waals surface area contributed by atoms with Crippen molar-refractivity contribution in [3.8, 4) is 5.75 Å². The van der Waals surface area contributed by atoms with Gasteiger partial charge in [-0.2, -0.15) is 0 Å². The minimum Gasteiger partial charge on any atom is -0.480 e. The van der Waals surface area contributed by atoms with Gasteiger partial charge in [-0.15, -0.1) is 13.2 Å². The molecule has 10 heteroatoms. The zero-order valence-corrected chi connectivity index (χ0v) is 12.1. The van der Waals surface area contributed by atoms with Gasteiger partial charge < -0.3 is 20.5 Å². The first-order valence-corrected chi connectivity index (χ1v) is 6.23. The van der Waals surface area contributed by atoms with E-state index in [2.05, 4.69) is 26.0 Å². The monoisotopic (exact) mass is 370 g/mol. The molecule has 0 bridgehead atoms. The number of halogens is 4. The van der Waals surface area contributed by atoms with Crippen molar-refractivity contribution in [2.45, 2.75) is 19.3 Å². The fraction of sp³-hybridized carbons (Fsp3) is 0.273. The van der Waals surface area contributed by atoms with Crippen LogP contribution in [0.25, 0.3) is 0 Å². The number of carbonyl (C=O) groups is 2. The molecule has 3 N–H and O–H groups in total. The predicted octanol–water partition coefficient (Wildman–Crippen LogP) is 2.94. The van der Waals surface area contributed by atoms with Crippen LogP contribution in [0.15, 0.2) is 22.7 Å². The van der Waals surface area contributed by atoms with Crippen molar-refractivity contribution in [3.63, 3.8) is 0 Å². The van der Waals surface area contributed by atoms with Crippen molar-refractivity contribution in [1.82, 2.24) is 5.32 Å². The highest BCUT2D eigenvalue weighted by Crippen LogP contribution is 2.32. The summed E-state index contributed by atoms with van der Waals surface area (Å²) in [7, 11) is 0. The zero-order valence-electron chi connectivity index (χ0n) is 10.5. The normalized spacial score (nSPS) is 12.4. The number of alkyl halides is 3. The van der Waals surface area contributed by atoms with Crippen LogP contribution in [-0.2, 0) is 4.79 Å². The van der Waals surface area contributed by atoms with Crippen molar-refractivity contribution in [3.05, 3.63) is 22.7 Å². The molecule has 0 spiro atoms. The van der Waals surface area contributed by atoms with Crippen LogP contribution in [0.5, 0.6) is 5.75 Å². The van der Waals surface area contributed by atoms with Gasteiger partial charge in [0.15, 0.2) is 5.75 Å². The van der Waals surface area contributed by atoms with Crippen LogP contribution in [0.3, 0.4) is 0 Å². The first-order chi connectivity index (χ1) is 9.58. The first kappa shape index (κ1) is 17.1. The van der Waals surface area contributed by atoms with Crippen molar-refractivity contribution < 1.29 is 32.6 Å². The van der Waals surface area contributed by atoms with E-state index >= 15 is 0 Å². The number of aliphatic carboxylic acids is 1. The number of benzene rings is 1. The van der Waals surface area contributed by atoms with E-state index in [1.165, 1.54) is 19.1 Å². The fourth-order valence-electron chi connectivity index (χ4n) is 1.23. The molecule has 0 saturated carbocycles. The van der Waals surface area contributed by atoms with E-state index in [1.54, 1.807) is 0 Å². The van der Waals surface area contributed by atoms with Crippen LogP contribution in [0.1, 0.15) is 6.92 Å². The molecule has 1 rings (SSSR count). The van der Waals surface area contributed by atoms with Gasteiger partial charge in [0, 0.05) is 4.47 Å². The number of carbonyl (C=O) groups excluding carboxylic acids is 1. The van der Waals surface area contributed by atoms with Gasteiger partial charge in [-0.05, 0) is 25.1 Å². The number of ether oxygens (including phenoxy) is 1. The highest BCUT2D eigenvalue weighted by Gasteiger charge is 2.32. The SMILES string of the molecule is CC(NC(=O)Nc1ccc(Br)cc1OC(F)(F)F)C(=O)O. The lowest BCUT2D eigenvalue weighted by molar-refractivity contribution is -0.274. The number of hydrogen-bond acceptors (Lipinski definition) is 3. The van der Waals surface area contributed by atoms with Gasteiger partial charge >= 0.3 is 18.4 Å². The Bertz CT molecular complexity index is 551. The Labute approximate surface area is 125 Å². The van der Waals surface area contributed by atoms with Gasteiger partial charge in [0.25, 0.3) is 0 Å². The summed E-state index contributed by atoms with van der Waals surface area (Å²) in [6, 6.07) is 1.41. The summed E-state index contributed by atoms with van der Waals surface area (Å²) in [5.74, 6) is -1.91. The average molecular weight is 371 g/mol. The minimum absolute atomic E-state index is 0.259. The third-order valence-electron chi connectivity index (χ3n) is 2.14. The van der Waals surface area contributed by atoms with Crippen LogP contribution < -0.4 is 15.4 Å². The zero-order chi connectivity index (χ0) is 16.2. The number of nitrogens with one attached hydrogen (secondary N) is 2. The van der Waals surface area contributed by atoms with Crippen LogP contribution in [-0.4, -0.2) is 29.5 Å². The Hall–Kier alpha value is -1.97. The highest BCUT2D eigenvalue weighted by molar-refractivity contribution is 9.10. The Kier molecular flexibility index (Phi) is 5.41. The standard InChI is InChI=1S/C11H10BrF3N2O4/c1-5(9(18)19)16-10(20)17-7-3-2-6(12)4-8(7)21-11(13,14)15/h2-5H,1H3,(H,18,19)(H2,16,17,20). The first-order valence-electron chi connectivity index (χ1n) is 5.44. The molecule has 1 aromatic carbocycles. The van der Waals surface area contributed by atoms with Crippen LogP contribution in [0.4, 0.5) is 23.7 Å². The summed E-state index contributed by atoms with van der Waals surface area (Å²) in [6.45, 7) is 1.20. The number of carboxylic acids is 1. The van der Waals surface area contributed by atoms with Crippen LogP contribution >= 0.6 is 15.9 Å². The maximum atomic E-state index is 12.3. The van der Waals surface area contributed by atoms with Crippen molar-refractivity contribution in [1.29, 1.82) is 0 Å². The molecule has 0 aliphatic heterocycles. The summed E-state index contributed by atoms with van der Waals surface area (Å²) < 4.78 is 40.9. The highest BCUT2D eigenvalue weighted by atomic mass is 79.9. The van der Waals surface area contributed by atoms with Crippen LogP contribution in [0, 0.1) is 0 Å². The minimum atomic E-state index is -4.93. The number of hydrogen-bond donors (Lipinski definition) is 3. The number of urea groups is 1. The lowest BCUT2D eigenvalue weighted by atomic mass is 10.3. The van der Waals surface area contributed by atoms with E-state index in [0.29, 0.717) is 4.47 Å². The molecule has 1 atom stereocenters. The predicted molar refractivity (Wildman–Crippen MR) is 70.1 cm³/mol. The molecule has 0 fully saturated rings. The Balaban J connectivity index is 2.87. The summed E-state index contributed by atoms with van der Waals surface area (Å²) in [4.78, 5) is 22.1. The Morgan fingerprint density at radius 1 is 1.38 bits per heavy atom. The van der Waals surface area contributed by atoms with Gasteiger partial charge in [0.1, 0.15) is 6.04 Å². The van der Waals surface area contributed by atoms with E-state index in [4.69, 9.17) is 5.11 Å². The topological polar surface area (TPSA) is 87.7 Å². The molecule has 1 unspecified atom stereocenters. The van der Waals surface area contributed by atoms with Crippen molar-refractivity contribution >= 4 is 33.6 Å².